The molecular weight excluding hydrogens is 226 g/mol. The predicted molar refractivity (Wildman–Crippen MR) is 68.5 cm³/mol. The van der Waals surface area contributed by atoms with Crippen molar-refractivity contribution >= 4 is 11.7 Å². The Kier molecular flexibility index (Phi) is 1.79. The molecule has 1 aliphatic carbocycles. The molecule has 1 saturated carbocycles. The maximum atomic E-state index is 4.54. The summed E-state index contributed by atoms with van der Waals surface area (Å²) in [7, 11) is 0. The van der Waals surface area contributed by atoms with Gasteiger partial charge in [0.05, 0.1) is 12.6 Å². The molecule has 2 unspecified atom stereocenters. The van der Waals surface area contributed by atoms with Crippen LogP contribution < -0.4 is 0 Å². The van der Waals surface area contributed by atoms with Gasteiger partial charge < -0.3 is 0 Å². The van der Waals surface area contributed by atoms with Gasteiger partial charge in [0.15, 0.2) is 11.4 Å². The monoisotopic (exact) mass is 239 g/mol. The number of amidine groups is 2. The average Bonchev–Trinajstić information content (AvgIpc) is 2.99. The van der Waals surface area contributed by atoms with Gasteiger partial charge in [0.1, 0.15) is 5.84 Å². The van der Waals surface area contributed by atoms with Crippen LogP contribution in [0.4, 0.5) is 0 Å². The summed E-state index contributed by atoms with van der Waals surface area (Å²) in [6, 6.07) is 10.5. The van der Waals surface area contributed by atoms with E-state index in [-0.39, 0.29) is 11.6 Å². The van der Waals surface area contributed by atoms with Crippen LogP contribution in [0.3, 0.4) is 0 Å². The molecule has 2 aliphatic heterocycles. The molecule has 0 amide bonds. The van der Waals surface area contributed by atoms with Gasteiger partial charge in [-0.3, -0.25) is 4.99 Å². The van der Waals surface area contributed by atoms with Crippen molar-refractivity contribution in [2.75, 3.05) is 0 Å². The summed E-state index contributed by atoms with van der Waals surface area (Å²) < 4.78 is 0. The van der Waals surface area contributed by atoms with Gasteiger partial charge in [0, 0.05) is 6.42 Å². The highest BCUT2D eigenvalue weighted by atomic mass is 15.6. The topological polar surface area (TPSA) is 52.7 Å². The second-order valence-electron chi connectivity index (χ2n) is 4.99. The number of hydrogen-bond acceptors (Lipinski definition) is 5. The van der Waals surface area contributed by atoms with E-state index in [4.69, 9.17) is 0 Å². The maximum absolute atomic E-state index is 4.54. The Morgan fingerprint density at radius 2 is 2.17 bits per heavy atom. The number of benzene rings is 1. The molecule has 1 aromatic carbocycles. The minimum atomic E-state index is -0.214. The Balaban J connectivity index is 1.65. The summed E-state index contributed by atoms with van der Waals surface area (Å²) in [5.41, 5.74) is 1.00. The first-order chi connectivity index (χ1) is 8.78. The second-order valence-corrected chi connectivity index (χ2v) is 4.99. The molecule has 18 heavy (non-hydrogen) atoms. The number of nitrogens with zero attached hydrogens (tertiary/aromatic N) is 5. The minimum absolute atomic E-state index is 0.214. The van der Waals surface area contributed by atoms with E-state index in [1.54, 1.807) is 0 Å². The van der Waals surface area contributed by atoms with Crippen LogP contribution >= 0.6 is 0 Å². The van der Waals surface area contributed by atoms with Crippen molar-refractivity contribution in [3.05, 3.63) is 35.9 Å². The number of rotatable bonds is 2. The van der Waals surface area contributed by atoms with E-state index in [0.717, 1.165) is 24.6 Å². The van der Waals surface area contributed by atoms with Crippen LogP contribution in [0.2, 0.25) is 0 Å². The average molecular weight is 239 g/mol. The van der Waals surface area contributed by atoms with Gasteiger partial charge in [0.25, 0.3) is 0 Å². The standard InChI is InChI=1S/C13H13N5/c1-9-14-11-7-13(11)12(15-9)18(17-16-13)8-10-5-3-2-4-6-10/h2-6,11H,7-8H2,1H3. The van der Waals surface area contributed by atoms with E-state index >= 15 is 0 Å². The van der Waals surface area contributed by atoms with Crippen LogP contribution in [0.5, 0.6) is 0 Å². The summed E-state index contributed by atoms with van der Waals surface area (Å²) >= 11 is 0. The quantitative estimate of drug-likeness (QED) is 0.780. The number of aliphatic imine (C=N–C) groups is 2. The number of hydrogen-bond donors (Lipinski definition) is 0. The molecule has 1 fully saturated rings. The molecule has 5 heteroatoms. The lowest BCUT2D eigenvalue weighted by atomic mass is 10.2. The van der Waals surface area contributed by atoms with E-state index in [2.05, 4.69) is 32.5 Å². The van der Waals surface area contributed by atoms with Gasteiger partial charge in [-0.2, -0.15) is 5.11 Å². The van der Waals surface area contributed by atoms with Crippen LogP contribution in [0.25, 0.3) is 0 Å². The normalized spacial score (nSPS) is 31.6. The molecule has 5 nitrogen and oxygen atoms in total. The lowest BCUT2D eigenvalue weighted by Crippen LogP contribution is -2.35. The third-order valence-corrected chi connectivity index (χ3v) is 3.64. The van der Waals surface area contributed by atoms with E-state index in [1.165, 1.54) is 5.56 Å². The fourth-order valence-electron chi connectivity index (χ4n) is 2.61. The third-order valence-electron chi connectivity index (χ3n) is 3.64. The minimum Gasteiger partial charge on any atom is -0.264 e. The van der Waals surface area contributed by atoms with Gasteiger partial charge >= 0.3 is 0 Å². The van der Waals surface area contributed by atoms with Gasteiger partial charge in [-0.15, -0.1) is 0 Å². The summed E-state index contributed by atoms with van der Waals surface area (Å²) in [5.74, 6) is 1.82. The van der Waals surface area contributed by atoms with Crippen LogP contribution in [-0.2, 0) is 6.54 Å². The van der Waals surface area contributed by atoms with Crippen LogP contribution in [0.15, 0.2) is 50.7 Å². The van der Waals surface area contributed by atoms with Crippen molar-refractivity contribution < 1.29 is 0 Å². The van der Waals surface area contributed by atoms with Crippen molar-refractivity contribution in [3.8, 4) is 0 Å². The highest BCUT2D eigenvalue weighted by Gasteiger charge is 2.65. The predicted octanol–water partition coefficient (Wildman–Crippen LogP) is 2.21. The highest BCUT2D eigenvalue weighted by molar-refractivity contribution is 6.07. The van der Waals surface area contributed by atoms with Gasteiger partial charge in [-0.25, -0.2) is 10.0 Å². The smallest absolute Gasteiger partial charge is 0.167 e. The van der Waals surface area contributed by atoms with Gasteiger partial charge in [0.2, 0.25) is 0 Å². The van der Waals surface area contributed by atoms with Crippen LogP contribution in [0, 0.1) is 0 Å². The molecule has 0 radical (unpaired) electrons. The maximum Gasteiger partial charge on any atom is 0.167 e. The first-order valence-corrected chi connectivity index (χ1v) is 6.16. The lowest BCUT2D eigenvalue weighted by Gasteiger charge is -2.18. The second kappa shape index (κ2) is 3.25. The Hall–Kier alpha value is -2.04. The van der Waals surface area contributed by atoms with E-state index in [0.29, 0.717) is 0 Å². The highest BCUT2D eigenvalue weighted by Crippen LogP contribution is 2.50. The molecule has 1 spiro atoms. The first kappa shape index (κ1) is 9.94. The van der Waals surface area contributed by atoms with Gasteiger partial charge in [-0.1, -0.05) is 35.6 Å². The molecule has 4 rings (SSSR count). The van der Waals surface area contributed by atoms with Crippen molar-refractivity contribution in [1.82, 2.24) is 5.01 Å². The molecule has 3 aliphatic rings. The SMILES string of the molecule is CC1=NC2CC23N=NN(Cc2ccccc2)C3=N1. The molecule has 2 atom stereocenters. The summed E-state index contributed by atoms with van der Waals surface area (Å²) in [6.07, 6.45) is 0.956. The first-order valence-electron chi connectivity index (χ1n) is 6.16. The molecular formula is C13H13N5. The Labute approximate surface area is 105 Å². The fraction of sp³-hybridized carbons (Fsp3) is 0.385. The van der Waals surface area contributed by atoms with E-state index < -0.39 is 0 Å². The zero-order valence-corrected chi connectivity index (χ0v) is 10.1. The largest absolute Gasteiger partial charge is 0.264 e. The van der Waals surface area contributed by atoms with Crippen molar-refractivity contribution in [1.29, 1.82) is 0 Å². The van der Waals surface area contributed by atoms with Crippen LogP contribution in [0.1, 0.15) is 18.9 Å². The molecule has 0 bridgehead atoms. The summed E-state index contributed by atoms with van der Waals surface area (Å²) in [4.78, 5) is 9.02. The summed E-state index contributed by atoms with van der Waals surface area (Å²) in [5, 5.41) is 10.6. The third kappa shape index (κ3) is 1.27. The Bertz CT molecular complexity index is 589. The molecule has 0 aromatic heterocycles. The molecule has 2 heterocycles. The van der Waals surface area contributed by atoms with E-state index in [9.17, 15) is 0 Å². The Morgan fingerprint density at radius 1 is 1.33 bits per heavy atom. The van der Waals surface area contributed by atoms with Crippen molar-refractivity contribution in [2.45, 2.75) is 31.5 Å². The molecule has 90 valence electrons. The molecule has 0 N–H and O–H groups in total. The lowest BCUT2D eigenvalue weighted by molar-refractivity contribution is 0.433. The summed E-state index contributed by atoms with van der Waals surface area (Å²) in [6.45, 7) is 2.67. The van der Waals surface area contributed by atoms with Crippen molar-refractivity contribution in [2.24, 2.45) is 20.3 Å². The molecule has 0 saturated heterocycles. The van der Waals surface area contributed by atoms with Crippen molar-refractivity contribution in [3.63, 3.8) is 0 Å². The molecule has 1 aromatic rings. The van der Waals surface area contributed by atoms with Gasteiger partial charge in [-0.05, 0) is 12.5 Å². The zero-order valence-electron chi connectivity index (χ0n) is 10.1. The Morgan fingerprint density at radius 3 is 3.00 bits per heavy atom. The van der Waals surface area contributed by atoms with Crippen LogP contribution in [-0.4, -0.2) is 28.3 Å². The zero-order chi connectivity index (χ0) is 12.2. The fourth-order valence-corrected chi connectivity index (χ4v) is 2.61. The van der Waals surface area contributed by atoms with E-state index in [1.807, 2.05) is 30.1 Å².